The highest BCUT2D eigenvalue weighted by Gasteiger charge is 2.28. The molecule has 0 aliphatic heterocycles. The third-order valence-electron chi connectivity index (χ3n) is 5.80. The van der Waals surface area contributed by atoms with Crippen LogP contribution in [0.2, 0.25) is 10.0 Å². The Balaban J connectivity index is 1.66. The molecule has 7 heteroatoms. The normalized spacial score (nSPS) is 14.9. The predicted octanol–water partition coefficient (Wildman–Crippen LogP) is 6.01. The van der Waals surface area contributed by atoms with E-state index in [0.717, 1.165) is 42.4 Å². The second-order valence-electron chi connectivity index (χ2n) is 8.41. The van der Waals surface area contributed by atoms with Crippen molar-refractivity contribution in [3.8, 4) is 0 Å². The van der Waals surface area contributed by atoms with Gasteiger partial charge in [0.05, 0.1) is 5.75 Å². The Labute approximate surface area is 205 Å². The molecular formula is C25H30Cl2N2O2S. The van der Waals surface area contributed by atoms with Crippen LogP contribution in [0.1, 0.15) is 49.3 Å². The van der Waals surface area contributed by atoms with Crippen LogP contribution in [-0.2, 0) is 21.9 Å². The zero-order chi connectivity index (χ0) is 23.1. The lowest BCUT2D eigenvalue weighted by Crippen LogP contribution is -2.50. The summed E-state index contributed by atoms with van der Waals surface area (Å²) >= 11 is 13.7. The molecule has 0 aromatic heterocycles. The Hall–Kier alpha value is -1.69. The molecule has 1 aliphatic rings. The molecule has 0 bridgehead atoms. The molecule has 2 amide bonds. The van der Waals surface area contributed by atoms with Gasteiger partial charge in [0.15, 0.2) is 0 Å². The van der Waals surface area contributed by atoms with Gasteiger partial charge in [-0.05, 0) is 49.9 Å². The molecule has 1 aliphatic carbocycles. The Bertz CT molecular complexity index is 947. The van der Waals surface area contributed by atoms with Crippen molar-refractivity contribution in [1.29, 1.82) is 0 Å². The summed E-state index contributed by atoms with van der Waals surface area (Å²) in [6.07, 6.45) is 4.33. The van der Waals surface area contributed by atoms with Crippen LogP contribution >= 0.6 is 35.0 Å². The first-order valence-electron chi connectivity index (χ1n) is 11.0. The SMILES string of the molecule is Cc1cccc(CN(C(=O)CSCc2ccc(Cl)cc2Cl)[C@@H](C)C(=O)NC2CCCC2)c1. The van der Waals surface area contributed by atoms with Gasteiger partial charge in [-0.25, -0.2) is 0 Å². The molecule has 2 aromatic carbocycles. The molecule has 4 nitrogen and oxygen atoms in total. The summed E-state index contributed by atoms with van der Waals surface area (Å²) in [5.41, 5.74) is 3.08. The maximum Gasteiger partial charge on any atom is 0.242 e. The number of hydrogen-bond donors (Lipinski definition) is 1. The van der Waals surface area contributed by atoms with Crippen LogP contribution in [0.25, 0.3) is 0 Å². The van der Waals surface area contributed by atoms with Crippen LogP contribution in [-0.4, -0.2) is 34.6 Å². The first kappa shape index (κ1) is 24.9. The maximum absolute atomic E-state index is 13.2. The molecule has 1 atom stereocenters. The molecular weight excluding hydrogens is 463 g/mol. The van der Waals surface area contributed by atoms with E-state index in [1.807, 2.05) is 38.1 Å². The Morgan fingerprint density at radius 3 is 2.59 bits per heavy atom. The van der Waals surface area contributed by atoms with Gasteiger partial charge in [0, 0.05) is 28.4 Å². The smallest absolute Gasteiger partial charge is 0.242 e. The van der Waals surface area contributed by atoms with Crippen molar-refractivity contribution in [2.24, 2.45) is 0 Å². The standard InChI is InChI=1S/C25H30Cl2N2O2S/c1-17-6-5-7-19(12-17)14-29(18(2)25(31)28-22-8-3-4-9-22)24(30)16-32-15-20-10-11-21(26)13-23(20)27/h5-7,10-13,18,22H,3-4,8-9,14-16H2,1-2H3,(H,28,31)/t18-/m0/s1. The summed E-state index contributed by atoms with van der Waals surface area (Å²) in [6.45, 7) is 4.25. The van der Waals surface area contributed by atoms with E-state index in [2.05, 4.69) is 11.4 Å². The number of rotatable bonds is 9. The number of aryl methyl sites for hydroxylation is 1. The lowest BCUT2D eigenvalue weighted by molar-refractivity contribution is -0.138. The number of thioether (sulfide) groups is 1. The lowest BCUT2D eigenvalue weighted by Gasteiger charge is -2.30. The van der Waals surface area contributed by atoms with E-state index in [-0.39, 0.29) is 23.6 Å². The Morgan fingerprint density at radius 1 is 1.16 bits per heavy atom. The van der Waals surface area contributed by atoms with E-state index < -0.39 is 6.04 Å². The number of benzene rings is 2. The number of carbonyl (C=O) groups excluding carboxylic acids is 2. The van der Waals surface area contributed by atoms with Crippen molar-refractivity contribution >= 4 is 46.8 Å². The van der Waals surface area contributed by atoms with E-state index >= 15 is 0 Å². The summed E-state index contributed by atoms with van der Waals surface area (Å²) in [5.74, 6) is 0.730. The Kier molecular flexibility index (Phi) is 9.33. The van der Waals surface area contributed by atoms with Gasteiger partial charge < -0.3 is 10.2 Å². The summed E-state index contributed by atoms with van der Waals surface area (Å²) in [6, 6.07) is 13.1. The molecule has 0 radical (unpaired) electrons. The molecule has 2 aromatic rings. The first-order valence-corrected chi connectivity index (χ1v) is 12.9. The van der Waals surface area contributed by atoms with Crippen LogP contribution in [0.5, 0.6) is 0 Å². The van der Waals surface area contributed by atoms with Gasteiger partial charge in [-0.2, -0.15) is 0 Å². The molecule has 0 unspecified atom stereocenters. The molecule has 172 valence electrons. The minimum Gasteiger partial charge on any atom is -0.352 e. The molecule has 32 heavy (non-hydrogen) atoms. The van der Waals surface area contributed by atoms with Gasteiger partial charge in [0.1, 0.15) is 6.04 Å². The maximum atomic E-state index is 13.2. The molecule has 1 fully saturated rings. The number of halogens is 2. The quantitative estimate of drug-likeness (QED) is 0.466. The van der Waals surface area contributed by atoms with Crippen molar-refractivity contribution < 1.29 is 9.59 Å². The number of amides is 2. The molecule has 0 saturated heterocycles. The fourth-order valence-corrected chi connectivity index (χ4v) is 5.42. The average Bonchev–Trinajstić information content (AvgIpc) is 3.26. The largest absolute Gasteiger partial charge is 0.352 e. The molecule has 0 spiro atoms. The zero-order valence-electron chi connectivity index (χ0n) is 18.6. The fourth-order valence-electron chi connectivity index (χ4n) is 3.95. The molecule has 1 saturated carbocycles. The topological polar surface area (TPSA) is 49.4 Å². The highest BCUT2D eigenvalue weighted by Crippen LogP contribution is 2.25. The minimum atomic E-state index is -0.539. The highest BCUT2D eigenvalue weighted by atomic mass is 35.5. The minimum absolute atomic E-state index is 0.0596. The second-order valence-corrected chi connectivity index (χ2v) is 10.2. The molecule has 3 rings (SSSR count). The molecule has 1 N–H and O–H groups in total. The van der Waals surface area contributed by atoms with Gasteiger partial charge in [0.2, 0.25) is 11.8 Å². The fraction of sp³-hybridized carbons (Fsp3) is 0.440. The summed E-state index contributed by atoms with van der Waals surface area (Å²) in [7, 11) is 0. The zero-order valence-corrected chi connectivity index (χ0v) is 20.9. The second kappa shape index (κ2) is 12.0. The van der Waals surface area contributed by atoms with Crippen LogP contribution in [0.4, 0.5) is 0 Å². The number of carbonyl (C=O) groups is 2. The monoisotopic (exact) mass is 492 g/mol. The van der Waals surface area contributed by atoms with Crippen LogP contribution in [0.3, 0.4) is 0 Å². The van der Waals surface area contributed by atoms with E-state index in [1.54, 1.807) is 17.0 Å². The highest BCUT2D eigenvalue weighted by molar-refractivity contribution is 7.99. The van der Waals surface area contributed by atoms with E-state index in [4.69, 9.17) is 23.2 Å². The number of nitrogens with one attached hydrogen (secondary N) is 1. The van der Waals surface area contributed by atoms with Gasteiger partial charge in [-0.3, -0.25) is 9.59 Å². The van der Waals surface area contributed by atoms with E-state index in [0.29, 0.717) is 22.3 Å². The van der Waals surface area contributed by atoms with Crippen molar-refractivity contribution in [3.63, 3.8) is 0 Å². The van der Waals surface area contributed by atoms with Gasteiger partial charge in [-0.15, -0.1) is 11.8 Å². The first-order chi connectivity index (χ1) is 15.3. The summed E-state index contributed by atoms with van der Waals surface area (Å²) < 4.78 is 0. The van der Waals surface area contributed by atoms with Crippen molar-refractivity contribution in [3.05, 3.63) is 69.2 Å². The number of nitrogens with zero attached hydrogens (tertiary/aromatic N) is 1. The van der Waals surface area contributed by atoms with Crippen LogP contribution in [0.15, 0.2) is 42.5 Å². The van der Waals surface area contributed by atoms with Crippen molar-refractivity contribution in [2.75, 3.05) is 5.75 Å². The van der Waals surface area contributed by atoms with Crippen molar-refractivity contribution in [2.45, 2.75) is 63.9 Å². The number of hydrogen-bond acceptors (Lipinski definition) is 3. The lowest BCUT2D eigenvalue weighted by atomic mass is 10.1. The summed E-state index contributed by atoms with van der Waals surface area (Å²) in [5, 5.41) is 4.32. The van der Waals surface area contributed by atoms with E-state index in [9.17, 15) is 9.59 Å². The van der Waals surface area contributed by atoms with Gasteiger partial charge in [0.25, 0.3) is 0 Å². The van der Waals surface area contributed by atoms with Crippen molar-refractivity contribution in [1.82, 2.24) is 10.2 Å². The predicted molar refractivity (Wildman–Crippen MR) is 134 cm³/mol. The van der Waals surface area contributed by atoms with Crippen LogP contribution < -0.4 is 5.32 Å². The van der Waals surface area contributed by atoms with Gasteiger partial charge >= 0.3 is 0 Å². The molecule has 0 heterocycles. The third-order valence-corrected chi connectivity index (χ3v) is 7.36. The average molecular weight is 494 g/mol. The Morgan fingerprint density at radius 2 is 1.91 bits per heavy atom. The summed E-state index contributed by atoms with van der Waals surface area (Å²) in [4.78, 5) is 27.8. The van der Waals surface area contributed by atoms with E-state index in [1.165, 1.54) is 11.8 Å². The third kappa shape index (κ3) is 7.16. The van der Waals surface area contributed by atoms with Gasteiger partial charge in [-0.1, -0.05) is 71.9 Å². The van der Waals surface area contributed by atoms with Crippen LogP contribution in [0, 0.1) is 6.92 Å².